The van der Waals surface area contributed by atoms with Crippen LogP contribution in [-0.4, -0.2) is 37.2 Å². The minimum absolute atomic E-state index is 0.0759. The highest BCUT2D eigenvalue weighted by molar-refractivity contribution is 5.68. The van der Waals surface area contributed by atoms with Gasteiger partial charge in [0.2, 0.25) is 0 Å². The number of hydroxylamine groups is 2. The van der Waals surface area contributed by atoms with Crippen LogP contribution in [0.4, 0.5) is 0 Å². The molecular weight excluding hydrogens is 192 g/mol. The molecule has 0 aliphatic carbocycles. The molecule has 0 radical (unpaired) electrons. The first-order valence-electron chi connectivity index (χ1n) is 5.99. The van der Waals surface area contributed by atoms with E-state index in [9.17, 15) is 4.79 Å². The van der Waals surface area contributed by atoms with Gasteiger partial charge in [-0.05, 0) is 6.42 Å². The van der Waals surface area contributed by atoms with Crippen LogP contribution in [-0.2, 0) is 9.63 Å². The molecule has 4 nitrogen and oxygen atoms in total. The van der Waals surface area contributed by atoms with Crippen molar-refractivity contribution in [2.75, 3.05) is 26.2 Å². The molecule has 4 heteroatoms. The van der Waals surface area contributed by atoms with Crippen LogP contribution in [0.1, 0.15) is 39.0 Å². The van der Waals surface area contributed by atoms with Gasteiger partial charge in [-0.15, -0.1) is 5.06 Å². The number of piperazine rings is 1. The standard InChI is InChI=1S/C11H22N2O2/c1-2-3-4-5-6-11(14)15-13-9-7-12-8-10-13/h12H,2-10H2,1H3. The van der Waals surface area contributed by atoms with E-state index < -0.39 is 0 Å². The van der Waals surface area contributed by atoms with E-state index in [4.69, 9.17) is 4.84 Å². The molecule has 0 amide bonds. The Morgan fingerprint density at radius 1 is 1.27 bits per heavy atom. The SMILES string of the molecule is CCCCCCC(=O)ON1CCNCC1. The molecule has 0 spiro atoms. The lowest BCUT2D eigenvalue weighted by Gasteiger charge is -2.25. The highest BCUT2D eigenvalue weighted by atomic mass is 16.7. The van der Waals surface area contributed by atoms with Crippen molar-refractivity contribution in [2.24, 2.45) is 0 Å². The summed E-state index contributed by atoms with van der Waals surface area (Å²) in [6.07, 6.45) is 5.06. The molecule has 88 valence electrons. The Morgan fingerprint density at radius 2 is 2.00 bits per heavy atom. The molecule has 1 rings (SSSR count). The third-order valence-electron chi connectivity index (χ3n) is 2.54. The Hall–Kier alpha value is -0.610. The van der Waals surface area contributed by atoms with Crippen molar-refractivity contribution in [1.29, 1.82) is 0 Å². The van der Waals surface area contributed by atoms with Gasteiger partial charge >= 0.3 is 5.97 Å². The Balaban J connectivity index is 2.01. The number of hydrogen-bond acceptors (Lipinski definition) is 4. The van der Waals surface area contributed by atoms with Gasteiger partial charge in [-0.2, -0.15) is 0 Å². The maximum Gasteiger partial charge on any atom is 0.325 e. The summed E-state index contributed by atoms with van der Waals surface area (Å²) in [6.45, 7) is 5.59. The van der Waals surface area contributed by atoms with Crippen molar-refractivity contribution < 1.29 is 9.63 Å². The zero-order valence-corrected chi connectivity index (χ0v) is 9.63. The molecule has 1 aliphatic heterocycles. The highest BCUT2D eigenvalue weighted by Gasteiger charge is 2.13. The number of nitrogens with one attached hydrogen (secondary N) is 1. The van der Waals surface area contributed by atoms with Gasteiger partial charge in [0.1, 0.15) is 0 Å². The third-order valence-corrected chi connectivity index (χ3v) is 2.54. The fraction of sp³-hybridized carbons (Fsp3) is 0.909. The largest absolute Gasteiger partial charge is 0.368 e. The summed E-state index contributed by atoms with van der Waals surface area (Å²) in [5.74, 6) is -0.0759. The van der Waals surface area contributed by atoms with E-state index in [1.807, 2.05) is 0 Å². The van der Waals surface area contributed by atoms with Crippen molar-refractivity contribution in [3.8, 4) is 0 Å². The van der Waals surface area contributed by atoms with Gasteiger partial charge in [-0.1, -0.05) is 26.2 Å². The lowest BCUT2D eigenvalue weighted by Crippen LogP contribution is -2.44. The van der Waals surface area contributed by atoms with Crippen LogP contribution in [0.5, 0.6) is 0 Å². The van der Waals surface area contributed by atoms with E-state index in [0.717, 1.165) is 39.0 Å². The van der Waals surface area contributed by atoms with Crippen LogP contribution in [0.15, 0.2) is 0 Å². The normalized spacial score (nSPS) is 17.7. The fourth-order valence-electron chi connectivity index (χ4n) is 1.62. The summed E-state index contributed by atoms with van der Waals surface area (Å²) >= 11 is 0. The highest BCUT2D eigenvalue weighted by Crippen LogP contribution is 2.05. The second-order valence-electron chi connectivity index (χ2n) is 3.95. The van der Waals surface area contributed by atoms with Crippen molar-refractivity contribution in [3.63, 3.8) is 0 Å². The van der Waals surface area contributed by atoms with Gasteiger partial charge in [0.25, 0.3) is 0 Å². The number of unbranched alkanes of at least 4 members (excludes halogenated alkanes) is 3. The van der Waals surface area contributed by atoms with Crippen molar-refractivity contribution in [1.82, 2.24) is 10.4 Å². The van der Waals surface area contributed by atoms with E-state index in [1.54, 1.807) is 5.06 Å². The molecule has 1 saturated heterocycles. The predicted molar refractivity (Wildman–Crippen MR) is 59.3 cm³/mol. The molecule has 0 saturated carbocycles. The van der Waals surface area contributed by atoms with Crippen LogP contribution in [0.3, 0.4) is 0 Å². The summed E-state index contributed by atoms with van der Waals surface area (Å²) in [5.41, 5.74) is 0. The summed E-state index contributed by atoms with van der Waals surface area (Å²) in [7, 11) is 0. The van der Waals surface area contributed by atoms with E-state index in [2.05, 4.69) is 12.2 Å². The Bertz CT molecular complexity index is 179. The van der Waals surface area contributed by atoms with Gasteiger partial charge in [-0.3, -0.25) is 4.79 Å². The number of nitrogens with zero attached hydrogens (tertiary/aromatic N) is 1. The average Bonchev–Trinajstić information content (AvgIpc) is 2.26. The van der Waals surface area contributed by atoms with Crippen molar-refractivity contribution in [2.45, 2.75) is 39.0 Å². The number of carbonyl (C=O) groups is 1. The predicted octanol–water partition coefficient (Wildman–Crippen LogP) is 1.32. The molecule has 15 heavy (non-hydrogen) atoms. The first-order chi connectivity index (χ1) is 7.33. The van der Waals surface area contributed by atoms with E-state index in [0.29, 0.717) is 6.42 Å². The quantitative estimate of drug-likeness (QED) is 0.677. The van der Waals surface area contributed by atoms with Gasteiger partial charge in [-0.25, -0.2) is 0 Å². The topological polar surface area (TPSA) is 41.6 Å². The Labute approximate surface area is 91.9 Å². The lowest BCUT2D eigenvalue weighted by molar-refractivity contribution is -0.192. The van der Waals surface area contributed by atoms with Crippen molar-refractivity contribution in [3.05, 3.63) is 0 Å². The molecule has 0 bridgehead atoms. The van der Waals surface area contributed by atoms with E-state index in [-0.39, 0.29) is 5.97 Å². The first-order valence-corrected chi connectivity index (χ1v) is 5.99. The van der Waals surface area contributed by atoms with Crippen molar-refractivity contribution >= 4 is 5.97 Å². The maximum atomic E-state index is 11.4. The second-order valence-corrected chi connectivity index (χ2v) is 3.95. The number of hydrogen-bond donors (Lipinski definition) is 1. The molecule has 0 aromatic carbocycles. The van der Waals surface area contributed by atoms with Crippen LogP contribution in [0.2, 0.25) is 0 Å². The Morgan fingerprint density at radius 3 is 2.67 bits per heavy atom. The van der Waals surface area contributed by atoms with Gasteiger partial charge < -0.3 is 10.2 Å². The number of rotatable bonds is 6. The first kappa shape index (κ1) is 12.5. The monoisotopic (exact) mass is 214 g/mol. The molecule has 0 unspecified atom stereocenters. The minimum atomic E-state index is -0.0759. The molecule has 1 heterocycles. The number of carbonyl (C=O) groups excluding carboxylic acids is 1. The summed E-state index contributed by atoms with van der Waals surface area (Å²) in [4.78, 5) is 16.6. The zero-order valence-electron chi connectivity index (χ0n) is 9.63. The summed E-state index contributed by atoms with van der Waals surface area (Å²) in [6, 6.07) is 0. The molecule has 0 aromatic heterocycles. The molecule has 1 N–H and O–H groups in total. The molecule has 1 aliphatic rings. The molecule has 0 atom stereocenters. The molecule has 1 fully saturated rings. The third kappa shape index (κ3) is 5.74. The van der Waals surface area contributed by atoms with Gasteiger partial charge in [0.05, 0.1) is 0 Å². The van der Waals surface area contributed by atoms with Crippen LogP contribution >= 0.6 is 0 Å². The van der Waals surface area contributed by atoms with E-state index in [1.165, 1.54) is 12.8 Å². The molecule has 0 aromatic rings. The van der Waals surface area contributed by atoms with Crippen LogP contribution in [0.25, 0.3) is 0 Å². The fourth-order valence-corrected chi connectivity index (χ4v) is 1.62. The molecular formula is C11H22N2O2. The maximum absolute atomic E-state index is 11.4. The van der Waals surface area contributed by atoms with Gasteiger partial charge in [0.15, 0.2) is 0 Å². The van der Waals surface area contributed by atoms with Crippen LogP contribution in [0, 0.1) is 0 Å². The summed E-state index contributed by atoms with van der Waals surface area (Å²) in [5, 5.41) is 4.98. The minimum Gasteiger partial charge on any atom is -0.368 e. The van der Waals surface area contributed by atoms with E-state index >= 15 is 0 Å². The average molecular weight is 214 g/mol. The second kappa shape index (κ2) is 7.65. The Kier molecular flexibility index (Phi) is 6.36. The lowest BCUT2D eigenvalue weighted by atomic mass is 10.2. The van der Waals surface area contributed by atoms with Crippen LogP contribution < -0.4 is 5.32 Å². The van der Waals surface area contributed by atoms with Gasteiger partial charge in [0, 0.05) is 32.6 Å². The smallest absolute Gasteiger partial charge is 0.325 e. The summed E-state index contributed by atoms with van der Waals surface area (Å²) < 4.78 is 0. The zero-order chi connectivity index (χ0) is 10.9.